The molecule has 0 spiro atoms. The van der Waals surface area contributed by atoms with Gasteiger partial charge in [-0.15, -0.1) is 0 Å². The van der Waals surface area contributed by atoms with Gasteiger partial charge in [-0.2, -0.15) is 0 Å². The van der Waals surface area contributed by atoms with Gasteiger partial charge in [0.1, 0.15) is 6.61 Å². The van der Waals surface area contributed by atoms with Crippen LogP contribution in [0.15, 0.2) is 0 Å². The third-order valence-electron chi connectivity index (χ3n) is 1.30. The molecule has 0 aliphatic carbocycles. The first-order valence-electron chi connectivity index (χ1n) is 4.59. The van der Waals surface area contributed by atoms with Gasteiger partial charge in [-0.05, 0) is 6.92 Å². The Morgan fingerprint density at radius 3 is 2.23 bits per heavy atom. The van der Waals surface area contributed by atoms with Crippen molar-refractivity contribution in [1.29, 1.82) is 0 Å². The molecular weight excluding hydrogens is 170 g/mol. The van der Waals surface area contributed by atoms with Gasteiger partial charge in [-0.3, -0.25) is 0 Å². The topological polar surface area (TPSA) is 38.8 Å². The molecule has 0 rings (SSSR count). The van der Waals surface area contributed by atoms with Crippen LogP contribution in [0.1, 0.15) is 20.8 Å². The zero-order chi connectivity index (χ0) is 10.7. The Labute approximate surface area is 80.8 Å². The second-order valence-corrected chi connectivity index (χ2v) is 2.12. The van der Waals surface area contributed by atoms with E-state index < -0.39 is 0 Å². The van der Waals surface area contributed by atoms with Crippen molar-refractivity contribution in [2.24, 2.45) is 0 Å². The van der Waals surface area contributed by atoms with Crippen molar-refractivity contribution in [3.05, 3.63) is 0 Å². The predicted molar refractivity (Wildman–Crippen MR) is 52.9 cm³/mol. The standard InChI is InChI=1S/C7H15NO3.C2H6/c1-4-8(2)7(9)11-6-5-10-3;1-2/h4-6H2,1-3H3;1-2H3. The van der Waals surface area contributed by atoms with Crippen LogP contribution in [0.25, 0.3) is 0 Å². The summed E-state index contributed by atoms with van der Waals surface area (Å²) in [4.78, 5) is 12.4. The van der Waals surface area contributed by atoms with E-state index in [1.807, 2.05) is 20.8 Å². The molecule has 1 amide bonds. The highest BCUT2D eigenvalue weighted by Gasteiger charge is 2.05. The Kier molecular flexibility index (Phi) is 12.7. The number of hydrogen-bond donors (Lipinski definition) is 0. The maximum Gasteiger partial charge on any atom is 0.409 e. The largest absolute Gasteiger partial charge is 0.447 e. The molecule has 0 aromatic heterocycles. The van der Waals surface area contributed by atoms with Crippen LogP contribution in [-0.4, -0.2) is 44.9 Å². The van der Waals surface area contributed by atoms with Crippen molar-refractivity contribution in [2.75, 3.05) is 33.9 Å². The van der Waals surface area contributed by atoms with E-state index in [1.165, 1.54) is 4.90 Å². The lowest BCUT2D eigenvalue weighted by molar-refractivity contribution is 0.0782. The molecule has 0 aliphatic heterocycles. The van der Waals surface area contributed by atoms with Crippen LogP contribution in [0.2, 0.25) is 0 Å². The van der Waals surface area contributed by atoms with E-state index >= 15 is 0 Å². The summed E-state index contributed by atoms with van der Waals surface area (Å²) in [6, 6.07) is 0. The molecule has 0 heterocycles. The van der Waals surface area contributed by atoms with Gasteiger partial charge in [0.05, 0.1) is 6.61 Å². The molecular formula is C9H21NO3. The third-order valence-corrected chi connectivity index (χ3v) is 1.30. The Morgan fingerprint density at radius 2 is 1.85 bits per heavy atom. The number of amides is 1. The van der Waals surface area contributed by atoms with Gasteiger partial charge in [-0.25, -0.2) is 4.79 Å². The molecule has 80 valence electrons. The minimum absolute atomic E-state index is 0.301. The van der Waals surface area contributed by atoms with Crippen molar-refractivity contribution in [2.45, 2.75) is 20.8 Å². The summed E-state index contributed by atoms with van der Waals surface area (Å²) in [5, 5.41) is 0. The van der Waals surface area contributed by atoms with Crippen molar-refractivity contribution in [3.8, 4) is 0 Å². The zero-order valence-electron chi connectivity index (χ0n) is 9.29. The van der Waals surface area contributed by atoms with Gasteiger partial charge in [0, 0.05) is 20.7 Å². The van der Waals surface area contributed by atoms with E-state index in [0.29, 0.717) is 19.8 Å². The number of methoxy groups -OCH3 is 1. The Balaban J connectivity index is 0. The van der Waals surface area contributed by atoms with Gasteiger partial charge in [-0.1, -0.05) is 13.8 Å². The van der Waals surface area contributed by atoms with Crippen LogP contribution in [-0.2, 0) is 9.47 Å². The lowest BCUT2D eigenvalue weighted by Crippen LogP contribution is -2.27. The maximum atomic E-state index is 10.9. The average molecular weight is 191 g/mol. The van der Waals surface area contributed by atoms with Crippen molar-refractivity contribution < 1.29 is 14.3 Å². The normalized spacial score (nSPS) is 8.38. The summed E-state index contributed by atoms with van der Waals surface area (Å²) in [6.45, 7) is 7.31. The molecule has 4 nitrogen and oxygen atoms in total. The second-order valence-electron chi connectivity index (χ2n) is 2.12. The highest BCUT2D eigenvalue weighted by molar-refractivity contribution is 5.67. The molecule has 0 aromatic carbocycles. The van der Waals surface area contributed by atoms with E-state index in [0.717, 1.165) is 0 Å². The molecule has 0 radical (unpaired) electrons. The van der Waals surface area contributed by atoms with Gasteiger partial charge in [0.2, 0.25) is 0 Å². The Bertz CT molecular complexity index is 117. The second kappa shape index (κ2) is 11.2. The molecule has 0 aliphatic rings. The third kappa shape index (κ3) is 9.14. The summed E-state index contributed by atoms with van der Waals surface area (Å²) >= 11 is 0. The lowest BCUT2D eigenvalue weighted by atomic mass is 10.6. The van der Waals surface area contributed by atoms with Crippen LogP contribution < -0.4 is 0 Å². The first-order chi connectivity index (χ1) is 6.22. The Morgan fingerprint density at radius 1 is 1.31 bits per heavy atom. The van der Waals surface area contributed by atoms with Crippen LogP contribution in [0.3, 0.4) is 0 Å². The van der Waals surface area contributed by atoms with Gasteiger partial charge >= 0.3 is 6.09 Å². The van der Waals surface area contributed by atoms with Crippen LogP contribution in [0.4, 0.5) is 4.79 Å². The number of nitrogens with zero attached hydrogens (tertiary/aromatic N) is 1. The fraction of sp³-hybridized carbons (Fsp3) is 0.889. The summed E-state index contributed by atoms with van der Waals surface area (Å²) in [6.07, 6.45) is -0.301. The van der Waals surface area contributed by atoms with Gasteiger partial charge in [0.15, 0.2) is 0 Å². The molecule has 0 saturated heterocycles. The van der Waals surface area contributed by atoms with Crippen LogP contribution >= 0.6 is 0 Å². The van der Waals surface area contributed by atoms with Crippen molar-refractivity contribution >= 4 is 6.09 Å². The SMILES string of the molecule is CC.CCN(C)C(=O)OCCOC. The first-order valence-corrected chi connectivity index (χ1v) is 4.59. The number of carbonyl (C=O) groups excluding carboxylic acids is 1. The first kappa shape index (κ1) is 14.7. The van der Waals surface area contributed by atoms with E-state index in [1.54, 1.807) is 14.2 Å². The quantitative estimate of drug-likeness (QED) is 0.635. The zero-order valence-corrected chi connectivity index (χ0v) is 9.29. The fourth-order valence-corrected chi connectivity index (χ4v) is 0.452. The van der Waals surface area contributed by atoms with E-state index in [9.17, 15) is 4.79 Å². The molecule has 4 heteroatoms. The fourth-order valence-electron chi connectivity index (χ4n) is 0.452. The summed E-state index contributed by atoms with van der Waals surface area (Å²) in [5.41, 5.74) is 0. The van der Waals surface area contributed by atoms with Crippen molar-refractivity contribution in [3.63, 3.8) is 0 Å². The summed E-state index contributed by atoms with van der Waals surface area (Å²) in [5.74, 6) is 0. The van der Waals surface area contributed by atoms with E-state index in [4.69, 9.17) is 9.47 Å². The highest BCUT2D eigenvalue weighted by Crippen LogP contribution is 1.88. The molecule has 13 heavy (non-hydrogen) atoms. The number of hydrogen-bond acceptors (Lipinski definition) is 3. The molecule has 0 aromatic rings. The Hall–Kier alpha value is -0.770. The average Bonchev–Trinajstić information content (AvgIpc) is 2.20. The van der Waals surface area contributed by atoms with Crippen LogP contribution in [0.5, 0.6) is 0 Å². The van der Waals surface area contributed by atoms with Gasteiger partial charge < -0.3 is 14.4 Å². The summed E-state index contributed by atoms with van der Waals surface area (Å²) < 4.78 is 9.51. The van der Waals surface area contributed by atoms with E-state index in [-0.39, 0.29) is 6.09 Å². The monoisotopic (exact) mass is 191 g/mol. The van der Waals surface area contributed by atoms with Crippen molar-refractivity contribution in [1.82, 2.24) is 4.90 Å². The predicted octanol–water partition coefficient (Wildman–Crippen LogP) is 1.75. The number of carbonyl (C=O) groups is 1. The lowest BCUT2D eigenvalue weighted by Gasteiger charge is -2.13. The number of rotatable bonds is 4. The minimum atomic E-state index is -0.301. The van der Waals surface area contributed by atoms with Crippen LogP contribution in [0, 0.1) is 0 Å². The molecule has 0 unspecified atom stereocenters. The molecule has 0 fully saturated rings. The molecule has 0 bridgehead atoms. The smallest absolute Gasteiger partial charge is 0.409 e. The maximum absolute atomic E-state index is 10.9. The minimum Gasteiger partial charge on any atom is -0.447 e. The highest BCUT2D eigenvalue weighted by atomic mass is 16.6. The van der Waals surface area contributed by atoms with E-state index in [2.05, 4.69) is 0 Å². The van der Waals surface area contributed by atoms with Gasteiger partial charge in [0.25, 0.3) is 0 Å². The molecule has 0 N–H and O–H groups in total. The molecule has 0 atom stereocenters. The number of ether oxygens (including phenoxy) is 2. The summed E-state index contributed by atoms with van der Waals surface area (Å²) in [7, 11) is 3.26. The molecule has 0 saturated carbocycles.